The third-order valence-corrected chi connectivity index (χ3v) is 4.18. The molecule has 3 rings (SSSR count). The molecule has 0 atom stereocenters. The molecule has 0 unspecified atom stereocenters. The van der Waals surface area contributed by atoms with Crippen molar-refractivity contribution in [1.29, 1.82) is 0 Å². The van der Waals surface area contributed by atoms with Gasteiger partial charge in [-0.2, -0.15) is 0 Å². The molecule has 3 aromatic rings. The number of carbonyl (C=O) groups excluding carboxylic acids is 1. The van der Waals surface area contributed by atoms with Crippen molar-refractivity contribution in [2.24, 2.45) is 0 Å². The van der Waals surface area contributed by atoms with Gasteiger partial charge < -0.3 is 24.8 Å². The van der Waals surface area contributed by atoms with Gasteiger partial charge in [0.05, 0.1) is 21.3 Å². The number of rotatable bonds is 8. The minimum absolute atomic E-state index is 0.320. The number of hydrogen-bond acceptors (Lipinski definition) is 7. The van der Waals surface area contributed by atoms with Crippen LogP contribution in [-0.2, 0) is 6.54 Å². The maximum Gasteiger partial charge on any atom is 0.257 e. The highest BCUT2D eigenvalue weighted by atomic mass is 16.5. The summed E-state index contributed by atoms with van der Waals surface area (Å²) in [7, 11) is 4.69. The van der Waals surface area contributed by atoms with Gasteiger partial charge in [0.1, 0.15) is 11.6 Å². The molecule has 8 nitrogen and oxygen atoms in total. The molecule has 0 spiro atoms. The van der Waals surface area contributed by atoms with E-state index in [4.69, 9.17) is 14.2 Å². The first-order valence-corrected chi connectivity index (χ1v) is 8.87. The number of hydrogen-bond donors (Lipinski definition) is 2. The summed E-state index contributed by atoms with van der Waals surface area (Å²) in [6.45, 7) is 0.593. The number of methoxy groups -OCH3 is 3. The normalized spacial score (nSPS) is 10.2. The molecule has 0 fully saturated rings. The third-order valence-electron chi connectivity index (χ3n) is 4.18. The Morgan fingerprint density at radius 2 is 1.52 bits per heavy atom. The molecule has 1 amide bonds. The summed E-state index contributed by atoms with van der Waals surface area (Å²) in [5.74, 6) is 2.47. The number of amides is 1. The molecular weight excluding hydrogens is 372 g/mol. The molecule has 0 aliphatic heterocycles. The van der Waals surface area contributed by atoms with Crippen LogP contribution >= 0.6 is 0 Å². The Kier molecular flexibility index (Phi) is 6.47. The van der Waals surface area contributed by atoms with Gasteiger partial charge >= 0.3 is 0 Å². The van der Waals surface area contributed by atoms with E-state index in [2.05, 4.69) is 20.8 Å². The van der Waals surface area contributed by atoms with Gasteiger partial charge in [0.15, 0.2) is 17.3 Å². The van der Waals surface area contributed by atoms with E-state index in [1.165, 1.54) is 14.2 Å². The Morgan fingerprint density at radius 1 is 0.828 bits per heavy atom. The minimum Gasteiger partial charge on any atom is -0.497 e. The summed E-state index contributed by atoms with van der Waals surface area (Å²) in [5, 5.41) is 14.0. The van der Waals surface area contributed by atoms with Gasteiger partial charge in [-0.15, -0.1) is 10.2 Å². The van der Waals surface area contributed by atoms with Crippen molar-refractivity contribution in [1.82, 2.24) is 10.2 Å². The molecule has 1 heterocycles. The molecule has 1 aromatic heterocycles. The molecule has 2 N–H and O–H groups in total. The fourth-order valence-electron chi connectivity index (χ4n) is 2.60. The van der Waals surface area contributed by atoms with Crippen LogP contribution in [-0.4, -0.2) is 37.4 Å². The Morgan fingerprint density at radius 3 is 2.14 bits per heavy atom. The summed E-state index contributed by atoms with van der Waals surface area (Å²) in [5.41, 5.74) is 1.50. The SMILES string of the molecule is COc1ccc(CNc2ccc(NC(=O)c3ccc(OC)c(OC)c3)nn2)cc1. The molecule has 8 heteroatoms. The number of nitrogens with zero attached hydrogens (tertiary/aromatic N) is 2. The van der Waals surface area contributed by atoms with Crippen molar-refractivity contribution in [3.8, 4) is 17.2 Å². The van der Waals surface area contributed by atoms with Crippen molar-refractivity contribution >= 4 is 17.5 Å². The predicted molar refractivity (Wildman–Crippen MR) is 110 cm³/mol. The first kappa shape index (κ1) is 19.9. The predicted octanol–water partition coefficient (Wildman–Crippen LogP) is 3.37. The summed E-state index contributed by atoms with van der Waals surface area (Å²) in [4.78, 5) is 12.4. The largest absolute Gasteiger partial charge is 0.497 e. The molecule has 0 saturated heterocycles. The van der Waals surface area contributed by atoms with Crippen LogP contribution in [0.2, 0.25) is 0 Å². The zero-order valence-corrected chi connectivity index (χ0v) is 16.4. The zero-order valence-electron chi connectivity index (χ0n) is 16.4. The molecule has 29 heavy (non-hydrogen) atoms. The lowest BCUT2D eigenvalue weighted by Crippen LogP contribution is -2.14. The van der Waals surface area contributed by atoms with Crippen molar-refractivity contribution in [2.75, 3.05) is 32.0 Å². The average Bonchev–Trinajstić information content (AvgIpc) is 2.78. The zero-order chi connectivity index (χ0) is 20.6. The van der Waals surface area contributed by atoms with E-state index in [-0.39, 0.29) is 5.91 Å². The monoisotopic (exact) mass is 394 g/mol. The lowest BCUT2D eigenvalue weighted by molar-refractivity contribution is 0.102. The molecule has 0 aliphatic carbocycles. The highest BCUT2D eigenvalue weighted by Crippen LogP contribution is 2.27. The third kappa shape index (κ3) is 5.13. The maximum absolute atomic E-state index is 12.4. The maximum atomic E-state index is 12.4. The minimum atomic E-state index is -0.320. The smallest absolute Gasteiger partial charge is 0.257 e. The van der Waals surface area contributed by atoms with Crippen LogP contribution in [0.1, 0.15) is 15.9 Å². The Bertz CT molecular complexity index is 959. The van der Waals surface area contributed by atoms with E-state index >= 15 is 0 Å². The van der Waals surface area contributed by atoms with Gasteiger partial charge in [-0.25, -0.2) is 0 Å². The van der Waals surface area contributed by atoms with Gasteiger partial charge in [0.25, 0.3) is 5.91 Å². The second-order valence-corrected chi connectivity index (χ2v) is 6.03. The number of nitrogens with one attached hydrogen (secondary N) is 2. The Labute approximate surface area is 168 Å². The molecule has 0 saturated carbocycles. The van der Waals surface area contributed by atoms with Crippen LogP contribution in [0.15, 0.2) is 54.6 Å². The number of carbonyl (C=O) groups is 1. The fraction of sp³-hybridized carbons (Fsp3) is 0.190. The summed E-state index contributed by atoms with van der Waals surface area (Å²) in [6, 6.07) is 16.1. The Hall–Kier alpha value is -3.81. The van der Waals surface area contributed by atoms with Crippen LogP contribution in [0.4, 0.5) is 11.6 Å². The van der Waals surface area contributed by atoms with E-state index in [1.54, 1.807) is 37.4 Å². The summed E-state index contributed by atoms with van der Waals surface area (Å²) < 4.78 is 15.5. The molecule has 0 bridgehead atoms. The van der Waals surface area contributed by atoms with E-state index in [0.717, 1.165) is 11.3 Å². The highest BCUT2D eigenvalue weighted by Gasteiger charge is 2.11. The molecule has 150 valence electrons. The highest BCUT2D eigenvalue weighted by molar-refractivity contribution is 6.04. The first-order valence-electron chi connectivity index (χ1n) is 8.87. The first-order chi connectivity index (χ1) is 14.1. The summed E-state index contributed by atoms with van der Waals surface area (Å²) >= 11 is 0. The average molecular weight is 394 g/mol. The van der Waals surface area contributed by atoms with E-state index in [9.17, 15) is 4.79 Å². The van der Waals surface area contributed by atoms with Crippen molar-refractivity contribution in [3.05, 3.63) is 65.7 Å². The Balaban J connectivity index is 1.59. The number of anilines is 2. The quantitative estimate of drug-likeness (QED) is 0.605. The number of ether oxygens (including phenoxy) is 3. The van der Waals surface area contributed by atoms with Crippen LogP contribution < -0.4 is 24.8 Å². The van der Waals surface area contributed by atoms with Crippen LogP contribution in [0, 0.1) is 0 Å². The van der Waals surface area contributed by atoms with Crippen molar-refractivity contribution in [3.63, 3.8) is 0 Å². The second kappa shape index (κ2) is 9.41. The van der Waals surface area contributed by atoms with E-state index in [1.807, 2.05) is 24.3 Å². The number of benzene rings is 2. The van der Waals surface area contributed by atoms with Crippen LogP contribution in [0.5, 0.6) is 17.2 Å². The van der Waals surface area contributed by atoms with E-state index in [0.29, 0.717) is 35.2 Å². The second-order valence-electron chi connectivity index (χ2n) is 6.03. The van der Waals surface area contributed by atoms with Gasteiger partial charge in [0.2, 0.25) is 0 Å². The molecule has 0 radical (unpaired) electrons. The summed E-state index contributed by atoms with van der Waals surface area (Å²) in [6.07, 6.45) is 0. The fourth-order valence-corrected chi connectivity index (χ4v) is 2.60. The molecular formula is C21H22N4O4. The van der Waals surface area contributed by atoms with Crippen LogP contribution in [0.25, 0.3) is 0 Å². The molecule has 0 aliphatic rings. The lowest BCUT2D eigenvalue weighted by atomic mass is 10.2. The topological polar surface area (TPSA) is 94.6 Å². The standard InChI is InChI=1S/C21H22N4O4/c1-27-16-7-4-14(5-8-16)13-22-19-10-11-20(25-24-19)23-21(26)15-6-9-17(28-2)18(12-15)29-3/h4-12H,13H2,1-3H3,(H,22,24)(H,23,25,26). The van der Waals surface area contributed by atoms with Crippen molar-refractivity contribution in [2.45, 2.75) is 6.54 Å². The number of aromatic nitrogens is 2. The van der Waals surface area contributed by atoms with Crippen molar-refractivity contribution < 1.29 is 19.0 Å². The van der Waals surface area contributed by atoms with Crippen LogP contribution in [0.3, 0.4) is 0 Å². The molecule has 2 aromatic carbocycles. The van der Waals surface area contributed by atoms with Gasteiger partial charge in [-0.1, -0.05) is 12.1 Å². The lowest BCUT2D eigenvalue weighted by Gasteiger charge is -2.10. The van der Waals surface area contributed by atoms with Gasteiger partial charge in [-0.05, 0) is 48.0 Å². The van der Waals surface area contributed by atoms with Gasteiger partial charge in [-0.3, -0.25) is 4.79 Å². The van der Waals surface area contributed by atoms with Gasteiger partial charge in [0, 0.05) is 12.1 Å². The van der Waals surface area contributed by atoms with E-state index < -0.39 is 0 Å².